The quantitative estimate of drug-likeness (QED) is 0.886. The molecule has 0 bridgehead atoms. The number of aryl methyl sites for hydroxylation is 1. The number of rotatable bonds is 2. The molecular weight excluding hydrogens is 278 g/mol. The minimum atomic E-state index is -1.26. The van der Waals surface area contributed by atoms with Crippen molar-refractivity contribution in [3.8, 4) is 5.75 Å². The number of nitrogens with zero attached hydrogens (tertiary/aromatic N) is 1. The fourth-order valence-electron chi connectivity index (χ4n) is 1.51. The van der Waals surface area contributed by atoms with Crippen LogP contribution in [0.25, 0.3) is 11.0 Å². The second kappa shape index (κ2) is 3.79. The van der Waals surface area contributed by atoms with Crippen LogP contribution in [0.1, 0.15) is 23.1 Å². The molecule has 0 unspecified atom stereocenters. The van der Waals surface area contributed by atoms with Crippen LogP contribution in [0.4, 0.5) is 0 Å². The number of carboxylic acid groups (broad SMARTS) is 1. The van der Waals surface area contributed by atoms with Gasteiger partial charge < -0.3 is 14.6 Å². The van der Waals surface area contributed by atoms with E-state index in [-0.39, 0.29) is 11.4 Å². The van der Waals surface area contributed by atoms with Gasteiger partial charge in [0, 0.05) is 6.07 Å². The van der Waals surface area contributed by atoms with Crippen LogP contribution >= 0.6 is 15.9 Å². The van der Waals surface area contributed by atoms with E-state index in [1.807, 2.05) is 6.92 Å². The van der Waals surface area contributed by atoms with Crippen molar-refractivity contribution in [3.05, 3.63) is 22.1 Å². The highest BCUT2D eigenvalue weighted by atomic mass is 79.9. The van der Waals surface area contributed by atoms with Crippen LogP contribution in [-0.4, -0.2) is 21.2 Å². The van der Waals surface area contributed by atoms with Crippen LogP contribution in [0.3, 0.4) is 0 Å². The summed E-state index contributed by atoms with van der Waals surface area (Å²) in [6.45, 7) is 1.83. The van der Waals surface area contributed by atoms with Crippen LogP contribution < -0.4 is 0 Å². The third-order valence-electron chi connectivity index (χ3n) is 2.23. The van der Waals surface area contributed by atoms with Gasteiger partial charge in [-0.2, -0.15) is 0 Å². The number of hydrogen-bond donors (Lipinski definition) is 2. The van der Waals surface area contributed by atoms with Gasteiger partial charge in [0.15, 0.2) is 21.7 Å². The van der Waals surface area contributed by atoms with Crippen molar-refractivity contribution in [2.75, 3.05) is 0 Å². The van der Waals surface area contributed by atoms with Gasteiger partial charge in [-0.1, -0.05) is 6.92 Å². The lowest BCUT2D eigenvalue weighted by Gasteiger charge is -2.03. The number of pyridine rings is 1. The number of aromatic hydroxyl groups is 1. The van der Waals surface area contributed by atoms with Crippen LogP contribution in [-0.2, 0) is 6.42 Å². The van der Waals surface area contributed by atoms with E-state index in [1.54, 1.807) is 0 Å². The Morgan fingerprint density at radius 3 is 2.88 bits per heavy atom. The van der Waals surface area contributed by atoms with E-state index >= 15 is 0 Å². The Bertz CT molecular complexity index is 576. The molecule has 0 atom stereocenters. The van der Waals surface area contributed by atoms with Gasteiger partial charge in [0.25, 0.3) is 0 Å². The van der Waals surface area contributed by atoms with Gasteiger partial charge in [0.2, 0.25) is 0 Å². The molecule has 2 aromatic heterocycles. The lowest BCUT2D eigenvalue weighted by Crippen LogP contribution is -2.03. The van der Waals surface area contributed by atoms with Gasteiger partial charge in [0.05, 0.1) is 11.1 Å². The highest BCUT2D eigenvalue weighted by Gasteiger charge is 2.20. The summed E-state index contributed by atoms with van der Waals surface area (Å²) in [4.78, 5) is 14.7. The van der Waals surface area contributed by atoms with Crippen molar-refractivity contribution in [1.29, 1.82) is 0 Å². The predicted octanol–water partition coefficient (Wildman–Crippen LogP) is 2.56. The lowest BCUT2D eigenvalue weighted by molar-refractivity contribution is 0.0687. The number of hydrogen-bond acceptors (Lipinski definition) is 4. The standard InChI is InChI=1S/C10H8BrNO4/c1-2-5-9-4(3-6(11)16-9)8(13)7(12-5)10(14)15/h3,13H,2H2,1H3,(H,14,15). The monoisotopic (exact) mass is 285 g/mol. The van der Waals surface area contributed by atoms with Gasteiger partial charge in [-0.3, -0.25) is 0 Å². The third kappa shape index (κ3) is 1.55. The first kappa shape index (κ1) is 10.9. The Balaban J connectivity index is 2.87. The first-order valence-corrected chi connectivity index (χ1v) is 5.38. The minimum absolute atomic E-state index is 0.349. The molecule has 2 rings (SSSR count). The maximum Gasteiger partial charge on any atom is 0.358 e. The molecule has 0 aliphatic heterocycles. The second-order valence-corrected chi connectivity index (χ2v) is 3.99. The van der Waals surface area contributed by atoms with Gasteiger partial charge in [-0.05, 0) is 22.4 Å². The summed E-state index contributed by atoms with van der Waals surface area (Å²) in [7, 11) is 0. The molecular formula is C10H8BrNO4. The van der Waals surface area contributed by atoms with E-state index in [0.717, 1.165) is 0 Å². The molecule has 2 N–H and O–H groups in total. The van der Waals surface area contributed by atoms with Crippen molar-refractivity contribution in [3.63, 3.8) is 0 Å². The summed E-state index contributed by atoms with van der Waals surface area (Å²) >= 11 is 3.13. The molecule has 0 saturated carbocycles. The van der Waals surface area contributed by atoms with Crippen LogP contribution in [0.5, 0.6) is 5.75 Å². The van der Waals surface area contributed by atoms with Crippen molar-refractivity contribution < 1.29 is 19.4 Å². The molecule has 0 radical (unpaired) electrons. The van der Waals surface area contributed by atoms with E-state index in [2.05, 4.69) is 20.9 Å². The Morgan fingerprint density at radius 1 is 1.62 bits per heavy atom. The Hall–Kier alpha value is -1.56. The van der Waals surface area contributed by atoms with E-state index in [4.69, 9.17) is 9.52 Å². The predicted molar refractivity (Wildman–Crippen MR) is 59.7 cm³/mol. The molecule has 0 amide bonds. The molecule has 0 aliphatic rings. The van der Waals surface area contributed by atoms with Gasteiger partial charge in [-0.25, -0.2) is 9.78 Å². The third-order valence-corrected chi connectivity index (χ3v) is 2.62. The average molecular weight is 286 g/mol. The van der Waals surface area contributed by atoms with Crippen LogP contribution in [0.2, 0.25) is 0 Å². The summed E-state index contributed by atoms with van der Waals surface area (Å²) in [5.74, 6) is -1.62. The number of fused-ring (bicyclic) bond motifs is 1. The highest BCUT2D eigenvalue weighted by Crippen LogP contribution is 2.34. The zero-order valence-electron chi connectivity index (χ0n) is 8.32. The lowest BCUT2D eigenvalue weighted by atomic mass is 10.1. The molecule has 6 heteroatoms. The van der Waals surface area contributed by atoms with Gasteiger partial charge in [0.1, 0.15) is 0 Å². The number of furan rings is 1. The summed E-state index contributed by atoms with van der Waals surface area (Å²) in [5.41, 5.74) is 0.574. The average Bonchev–Trinajstić information content (AvgIpc) is 2.60. The molecule has 2 heterocycles. The van der Waals surface area contributed by atoms with Gasteiger partial charge in [-0.15, -0.1) is 0 Å². The molecule has 0 saturated heterocycles. The topological polar surface area (TPSA) is 83.6 Å². The van der Waals surface area contributed by atoms with E-state index in [0.29, 0.717) is 27.8 Å². The minimum Gasteiger partial charge on any atom is -0.505 e. The maximum absolute atomic E-state index is 10.9. The van der Waals surface area contributed by atoms with Gasteiger partial charge >= 0.3 is 5.97 Å². The fraction of sp³-hybridized carbons (Fsp3) is 0.200. The van der Waals surface area contributed by atoms with E-state index < -0.39 is 5.97 Å². The zero-order valence-corrected chi connectivity index (χ0v) is 9.91. The van der Waals surface area contributed by atoms with Crippen molar-refractivity contribution in [2.45, 2.75) is 13.3 Å². The normalized spacial score (nSPS) is 10.9. The van der Waals surface area contributed by atoms with Crippen molar-refractivity contribution in [1.82, 2.24) is 4.98 Å². The summed E-state index contributed by atoms with van der Waals surface area (Å²) in [6.07, 6.45) is 0.525. The first-order valence-electron chi connectivity index (χ1n) is 4.58. The van der Waals surface area contributed by atoms with Crippen LogP contribution in [0, 0.1) is 0 Å². The first-order chi connectivity index (χ1) is 7.54. The van der Waals surface area contributed by atoms with Crippen molar-refractivity contribution in [2.24, 2.45) is 0 Å². The van der Waals surface area contributed by atoms with E-state index in [1.165, 1.54) is 6.07 Å². The smallest absolute Gasteiger partial charge is 0.358 e. The molecule has 0 fully saturated rings. The summed E-state index contributed by atoms with van der Waals surface area (Å²) in [6, 6.07) is 1.53. The Kier molecular flexibility index (Phi) is 2.59. The molecule has 0 aliphatic carbocycles. The Labute approximate surface area is 98.8 Å². The number of carboxylic acids is 1. The molecule has 2 aromatic rings. The number of aromatic nitrogens is 1. The number of carbonyl (C=O) groups is 1. The molecule has 84 valence electrons. The second-order valence-electron chi connectivity index (χ2n) is 3.21. The molecule has 5 nitrogen and oxygen atoms in total. The fourth-order valence-corrected chi connectivity index (χ4v) is 1.90. The largest absolute Gasteiger partial charge is 0.505 e. The molecule has 0 aromatic carbocycles. The van der Waals surface area contributed by atoms with E-state index in [9.17, 15) is 9.90 Å². The SMILES string of the molecule is CCc1nc(C(=O)O)c(O)c2cc(Br)oc12. The number of halogens is 1. The highest BCUT2D eigenvalue weighted by molar-refractivity contribution is 9.10. The maximum atomic E-state index is 10.9. The summed E-state index contributed by atoms with van der Waals surface area (Å²) in [5, 5.41) is 19.0. The zero-order chi connectivity index (χ0) is 11.9. The van der Waals surface area contributed by atoms with Crippen molar-refractivity contribution >= 4 is 32.9 Å². The number of aromatic carboxylic acids is 1. The Morgan fingerprint density at radius 2 is 2.31 bits per heavy atom. The summed E-state index contributed by atoms with van der Waals surface area (Å²) < 4.78 is 5.73. The molecule has 16 heavy (non-hydrogen) atoms. The van der Waals surface area contributed by atoms with Crippen LogP contribution in [0.15, 0.2) is 15.2 Å². The molecule has 0 spiro atoms.